The topological polar surface area (TPSA) is 87.5 Å². The summed E-state index contributed by atoms with van der Waals surface area (Å²) in [5.74, 6) is 2.05. The fourth-order valence-corrected chi connectivity index (χ4v) is 7.26. The second kappa shape index (κ2) is 15.0. The molecule has 6 rings (SSSR count). The van der Waals surface area contributed by atoms with Gasteiger partial charge in [-0.15, -0.1) is 5.10 Å². The van der Waals surface area contributed by atoms with Crippen LogP contribution in [0.2, 0.25) is 5.02 Å². The molecule has 1 aromatic heterocycles. The number of anilines is 1. The van der Waals surface area contributed by atoms with Gasteiger partial charge in [0.15, 0.2) is 11.5 Å². The second-order valence-corrected chi connectivity index (χ2v) is 13.6. The molecule has 1 aliphatic heterocycles. The highest BCUT2D eigenvalue weighted by Crippen LogP contribution is 2.44. The summed E-state index contributed by atoms with van der Waals surface area (Å²) < 4.78 is 21.0. The molecule has 46 heavy (non-hydrogen) atoms. The Morgan fingerprint density at radius 3 is 2.54 bits per heavy atom. The Morgan fingerprint density at radius 2 is 1.80 bits per heavy atom. The number of ether oxygens (including phenoxy) is 3. The molecular formula is C35H36BrClN4O4S. The highest BCUT2D eigenvalue weighted by molar-refractivity contribution is 9.10. The van der Waals surface area contributed by atoms with Crippen LogP contribution >= 0.6 is 39.3 Å². The summed E-state index contributed by atoms with van der Waals surface area (Å²) in [5.41, 5.74) is 4.11. The van der Waals surface area contributed by atoms with Gasteiger partial charge < -0.3 is 19.5 Å². The molecule has 2 heterocycles. The monoisotopic (exact) mass is 722 g/mol. The van der Waals surface area contributed by atoms with Gasteiger partial charge in [-0.25, -0.2) is 9.48 Å². The number of benzene rings is 3. The zero-order chi connectivity index (χ0) is 32.0. The predicted octanol–water partition coefficient (Wildman–Crippen LogP) is 9.13. The largest absolute Gasteiger partial charge is 0.490 e. The third-order valence-corrected chi connectivity index (χ3v) is 9.78. The van der Waals surface area contributed by atoms with Gasteiger partial charge in [-0.1, -0.05) is 72.2 Å². The van der Waals surface area contributed by atoms with Crippen LogP contribution in [0.5, 0.6) is 11.5 Å². The highest BCUT2D eigenvalue weighted by atomic mass is 79.9. The third kappa shape index (κ3) is 7.56. The van der Waals surface area contributed by atoms with Crippen LogP contribution < -0.4 is 14.8 Å². The predicted molar refractivity (Wildman–Crippen MR) is 185 cm³/mol. The summed E-state index contributed by atoms with van der Waals surface area (Å²) >= 11 is 11.4. The normalized spacial score (nSPS) is 16.5. The molecule has 1 atom stereocenters. The number of hydrogen-bond acceptors (Lipinski definition) is 8. The number of nitrogens with zero attached hydrogens (tertiary/aromatic N) is 3. The zero-order valence-corrected chi connectivity index (χ0v) is 29.0. The minimum absolute atomic E-state index is 0.0919. The Labute approximate surface area is 287 Å². The summed E-state index contributed by atoms with van der Waals surface area (Å²) in [7, 11) is 0. The standard InChI is InChI=1S/C35H36BrClN4O4S/c1-3-43-29-19-25(18-28(36)32(29)44-20-23-14-16-26(37)17-15-23)31-30(33(42)45-27-12-8-5-9-13-27)22(2)38-34-39-35(40-41(31)34)46-21-24-10-6-4-7-11-24/h4,6-7,10-11,14-19,27,31H,3,5,8-9,12-13,20-21H2,1-2H3,(H,38,39,40). The van der Waals surface area contributed by atoms with Crippen molar-refractivity contribution in [1.29, 1.82) is 0 Å². The van der Waals surface area contributed by atoms with Crippen LogP contribution in [-0.2, 0) is 21.9 Å². The van der Waals surface area contributed by atoms with Crippen molar-refractivity contribution in [3.05, 3.63) is 104 Å². The van der Waals surface area contributed by atoms with Gasteiger partial charge in [-0.05, 0) is 96.4 Å². The zero-order valence-electron chi connectivity index (χ0n) is 25.8. The molecule has 240 valence electrons. The lowest BCUT2D eigenvalue weighted by Gasteiger charge is -2.30. The van der Waals surface area contributed by atoms with Crippen molar-refractivity contribution in [1.82, 2.24) is 14.8 Å². The van der Waals surface area contributed by atoms with E-state index in [1.807, 2.05) is 68.4 Å². The Balaban J connectivity index is 1.36. The van der Waals surface area contributed by atoms with E-state index >= 15 is 0 Å². The Morgan fingerprint density at radius 1 is 1.04 bits per heavy atom. The van der Waals surface area contributed by atoms with Gasteiger partial charge in [0.2, 0.25) is 11.1 Å². The van der Waals surface area contributed by atoms with E-state index in [4.69, 9.17) is 35.9 Å². The maximum atomic E-state index is 14.0. The van der Waals surface area contributed by atoms with E-state index < -0.39 is 6.04 Å². The van der Waals surface area contributed by atoms with Crippen molar-refractivity contribution < 1.29 is 19.0 Å². The maximum Gasteiger partial charge on any atom is 0.338 e. The van der Waals surface area contributed by atoms with E-state index in [-0.39, 0.29) is 12.1 Å². The molecule has 1 aliphatic carbocycles. The van der Waals surface area contributed by atoms with Crippen LogP contribution in [0.1, 0.15) is 68.7 Å². The highest BCUT2D eigenvalue weighted by Gasteiger charge is 2.37. The number of hydrogen-bond donors (Lipinski definition) is 1. The van der Waals surface area contributed by atoms with Gasteiger partial charge in [0.25, 0.3) is 0 Å². The van der Waals surface area contributed by atoms with Gasteiger partial charge in [-0.2, -0.15) is 4.98 Å². The first kappa shape index (κ1) is 32.5. The molecule has 1 fully saturated rings. The molecule has 0 saturated heterocycles. The van der Waals surface area contributed by atoms with Gasteiger partial charge in [0.05, 0.1) is 16.7 Å². The second-order valence-electron chi connectivity index (χ2n) is 11.3. The first-order chi connectivity index (χ1) is 22.4. The lowest BCUT2D eigenvalue weighted by atomic mass is 9.94. The van der Waals surface area contributed by atoms with Gasteiger partial charge >= 0.3 is 5.97 Å². The molecular weight excluding hydrogens is 688 g/mol. The summed E-state index contributed by atoms with van der Waals surface area (Å²) in [4.78, 5) is 18.8. The van der Waals surface area contributed by atoms with Crippen LogP contribution in [0.4, 0.5) is 5.95 Å². The number of allylic oxidation sites excluding steroid dienone is 1. The Hall–Kier alpha value is -3.47. The molecule has 0 bridgehead atoms. The van der Waals surface area contributed by atoms with E-state index in [0.717, 1.165) is 42.6 Å². The number of carbonyl (C=O) groups excluding carboxylic acids is 1. The number of fused-ring (bicyclic) bond motifs is 1. The summed E-state index contributed by atoms with van der Waals surface area (Å²) in [5, 5.41) is 9.52. The quantitative estimate of drug-likeness (QED) is 0.121. The molecule has 11 heteroatoms. The molecule has 1 N–H and O–H groups in total. The molecule has 0 spiro atoms. The molecule has 0 amide bonds. The van der Waals surface area contributed by atoms with Crippen molar-refractivity contribution in [3.8, 4) is 11.5 Å². The lowest BCUT2D eigenvalue weighted by Crippen LogP contribution is -2.32. The Kier molecular flexibility index (Phi) is 10.6. The van der Waals surface area contributed by atoms with E-state index in [9.17, 15) is 4.79 Å². The number of aromatic nitrogens is 3. The van der Waals surface area contributed by atoms with Crippen LogP contribution in [0.15, 0.2) is 87.6 Å². The van der Waals surface area contributed by atoms with Gasteiger partial charge in [0.1, 0.15) is 18.8 Å². The van der Waals surface area contributed by atoms with E-state index in [1.165, 1.54) is 12.0 Å². The first-order valence-electron chi connectivity index (χ1n) is 15.5. The van der Waals surface area contributed by atoms with E-state index in [0.29, 0.717) is 56.6 Å². The van der Waals surface area contributed by atoms with Gasteiger partial charge in [0, 0.05) is 16.5 Å². The molecule has 2 aliphatic rings. The van der Waals surface area contributed by atoms with Crippen LogP contribution in [0.25, 0.3) is 0 Å². The molecule has 1 saturated carbocycles. The smallest absolute Gasteiger partial charge is 0.338 e. The Bertz CT molecular complexity index is 1710. The number of esters is 1. The number of carbonyl (C=O) groups is 1. The average Bonchev–Trinajstić information content (AvgIpc) is 3.47. The van der Waals surface area contributed by atoms with Crippen molar-refractivity contribution in [2.75, 3.05) is 11.9 Å². The molecule has 4 aromatic rings. The van der Waals surface area contributed by atoms with Crippen molar-refractivity contribution in [3.63, 3.8) is 0 Å². The number of thioether (sulfide) groups is 1. The minimum Gasteiger partial charge on any atom is -0.490 e. The molecule has 0 radical (unpaired) electrons. The van der Waals surface area contributed by atoms with E-state index in [2.05, 4.69) is 33.4 Å². The average molecular weight is 724 g/mol. The van der Waals surface area contributed by atoms with E-state index in [1.54, 1.807) is 16.4 Å². The number of halogens is 2. The summed E-state index contributed by atoms with van der Waals surface area (Å²) in [6.07, 6.45) is 4.97. The minimum atomic E-state index is -0.605. The SMILES string of the molecule is CCOc1cc(C2C(C(=O)OC3CCCCC3)=C(C)Nc3nc(SCc4ccccc4)nn32)cc(Br)c1OCc1ccc(Cl)cc1. The van der Waals surface area contributed by atoms with Crippen molar-refractivity contribution in [2.24, 2.45) is 0 Å². The van der Waals surface area contributed by atoms with Crippen molar-refractivity contribution >= 4 is 51.2 Å². The number of nitrogens with one attached hydrogen (secondary N) is 1. The fourth-order valence-electron chi connectivity index (χ4n) is 5.77. The fraction of sp³-hybridized carbons (Fsp3) is 0.343. The van der Waals surface area contributed by atoms with Crippen LogP contribution in [0.3, 0.4) is 0 Å². The summed E-state index contributed by atoms with van der Waals surface area (Å²) in [6.45, 7) is 4.58. The molecule has 3 aromatic carbocycles. The molecule has 8 nitrogen and oxygen atoms in total. The van der Waals surface area contributed by atoms with Gasteiger partial charge in [-0.3, -0.25) is 0 Å². The van der Waals surface area contributed by atoms with Crippen LogP contribution in [-0.4, -0.2) is 33.4 Å². The van der Waals surface area contributed by atoms with Crippen molar-refractivity contribution in [2.45, 2.75) is 75.6 Å². The number of rotatable bonds is 11. The van der Waals surface area contributed by atoms with Crippen LogP contribution in [0, 0.1) is 0 Å². The lowest BCUT2D eigenvalue weighted by molar-refractivity contribution is -0.146. The molecule has 1 unspecified atom stereocenters. The third-order valence-electron chi connectivity index (χ3n) is 8.03. The first-order valence-corrected chi connectivity index (χ1v) is 17.7. The maximum absolute atomic E-state index is 14.0. The summed E-state index contributed by atoms with van der Waals surface area (Å²) in [6, 6.07) is 21.0.